The van der Waals surface area contributed by atoms with Crippen molar-refractivity contribution < 1.29 is 4.79 Å². The largest absolute Gasteiger partial charge is 0.309 e. The first-order chi connectivity index (χ1) is 12.3. The highest BCUT2D eigenvalue weighted by Crippen LogP contribution is 2.35. The zero-order chi connectivity index (χ0) is 18.8. The maximum atomic E-state index is 13.1. The summed E-state index contributed by atoms with van der Waals surface area (Å²) in [6.45, 7) is 1.40. The summed E-state index contributed by atoms with van der Waals surface area (Å²) in [5.41, 5.74) is 1.22. The van der Waals surface area contributed by atoms with Crippen LogP contribution in [0.4, 0.5) is 5.13 Å². The van der Waals surface area contributed by atoms with Gasteiger partial charge in [-0.3, -0.25) is 9.69 Å². The fraction of sp³-hybridized carbons (Fsp3) is 0.294. The summed E-state index contributed by atoms with van der Waals surface area (Å²) in [4.78, 5) is 21.5. The molecule has 0 aliphatic rings. The molecule has 0 saturated carbocycles. The normalized spacial score (nSPS) is 11.0. The molecule has 0 N–H and O–H groups in total. The van der Waals surface area contributed by atoms with E-state index in [1.165, 1.54) is 22.7 Å². The van der Waals surface area contributed by atoms with Gasteiger partial charge in [-0.15, -0.1) is 23.7 Å². The van der Waals surface area contributed by atoms with E-state index in [9.17, 15) is 4.79 Å². The lowest BCUT2D eigenvalue weighted by Crippen LogP contribution is -2.33. The second-order valence-electron chi connectivity index (χ2n) is 5.96. The van der Waals surface area contributed by atoms with E-state index in [0.717, 1.165) is 23.2 Å². The first kappa shape index (κ1) is 22.7. The van der Waals surface area contributed by atoms with Crippen molar-refractivity contribution in [3.05, 3.63) is 43.5 Å². The summed E-state index contributed by atoms with van der Waals surface area (Å²) < 4.78 is 1.82. The Bertz CT molecular complexity index is 942. The number of aromatic nitrogens is 1. The van der Waals surface area contributed by atoms with Gasteiger partial charge < -0.3 is 4.90 Å². The number of thiazole rings is 1. The van der Waals surface area contributed by atoms with Gasteiger partial charge in [0.2, 0.25) is 0 Å². The Morgan fingerprint density at radius 2 is 1.85 bits per heavy atom. The van der Waals surface area contributed by atoms with Gasteiger partial charge in [-0.1, -0.05) is 46.1 Å². The number of carbonyl (C=O) groups is 1. The first-order valence-corrected chi connectivity index (χ1v) is 10.6. The summed E-state index contributed by atoms with van der Waals surface area (Å²) in [7, 11) is 4.00. The van der Waals surface area contributed by atoms with Crippen molar-refractivity contribution in [1.29, 1.82) is 0 Å². The number of amides is 1. The number of nitrogens with zero attached hydrogens (tertiary/aromatic N) is 3. The lowest BCUT2D eigenvalue weighted by molar-refractivity contribution is 0.0986. The third kappa shape index (κ3) is 5.48. The van der Waals surface area contributed by atoms with Gasteiger partial charge in [0.05, 0.1) is 20.1 Å². The van der Waals surface area contributed by atoms with E-state index in [1.54, 1.807) is 17.0 Å². The predicted octanol–water partition coefficient (Wildman–Crippen LogP) is 6.34. The van der Waals surface area contributed by atoms with E-state index in [-0.39, 0.29) is 18.3 Å². The summed E-state index contributed by atoms with van der Waals surface area (Å²) in [5.74, 6) is -0.193. The average molecular weight is 485 g/mol. The zero-order valence-corrected chi connectivity index (χ0v) is 19.3. The van der Waals surface area contributed by atoms with E-state index in [1.807, 2.05) is 26.2 Å². The maximum Gasteiger partial charge on any atom is 0.262 e. The Kier molecular flexibility index (Phi) is 8.19. The van der Waals surface area contributed by atoms with Gasteiger partial charge in [-0.25, -0.2) is 4.98 Å². The Balaban J connectivity index is 0.00000261. The Morgan fingerprint density at radius 1 is 1.11 bits per heavy atom. The third-order valence-electron chi connectivity index (χ3n) is 3.69. The molecule has 1 aromatic carbocycles. The number of benzene rings is 1. The number of halogens is 4. The van der Waals surface area contributed by atoms with Crippen molar-refractivity contribution in [3.8, 4) is 0 Å². The van der Waals surface area contributed by atoms with Crippen LogP contribution >= 0.6 is 69.9 Å². The predicted molar refractivity (Wildman–Crippen MR) is 121 cm³/mol. The second-order valence-corrected chi connectivity index (χ2v) is 9.69. The number of rotatable bonds is 6. The lowest BCUT2D eigenvalue weighted by atomic mass is 10.3. The van der Waals surface area contributed by atoms with Gasteiger partial charge >= 0.3 is 0 Å². The van der Waals surface area contributed by atoms with Crippen LogP contribution in [0.1, 0.15) is 16.8 Å². The Morgan fingerprint density at radius 3 is 2.48 bits per heavy atom. The molecule has 0 aliphatic heterocycles. The summed E-state index contributed by atoms with van der Waals surface area (Å²) in [6.07, 6.45) is 0.810. The minimum Gasteiger partial charge on any atom is -0.309 e. The van der Waals surface area contributed by atoms with Gasteiger partial charge in [-0.2, -0.15) is 0 Å². The SMILES string of the molecule is CN(C)CCCN(C(=O)c1cc(Cl)sc1Cl)c1nc2ccc(Cl)cc2s1.Cl. The van der Waals surface area contributed by atoms with E-state index < -0.39 is 0 Å². The molecule has 27 heavy (non-hydrogen) atoms. The fourth-order valence-electron chi connectivity index (χ4n) is 2.46. The van der Waals surface area contributed by atoms with Crippen LogP contribution in [-0.4, -0.2) is 43.0 Å². The van der Waals surface area contributed by atoms with Gasteiger partial charge in [0.1, 0.15) is 4.34 Å². The van der Waals surface area contributed by atoms with Crippen molar-refractivity contribution in [1.82, 2.24) is 9.88 Å². The van der Waals surface area contributed by atoms with Gasteiger partial charge in [0, 0.05) is 11.6 Å². The van der Waals surface area contributed by atoms with E-state index >= 15 is 0 Å². The summed E-state index contributed by atoms with van der Waals surface area (Å²) >= 11 is 20.9. The highest BCUT2D eigenvalue weighted by molar-refractivity contribution is 7.22. The van der Waals surface area contributed by atoms with Crippen LogP contribution in [0.2, 0.25) is 13.7 Å². The molecule has 4 nitrogen and oxygen atoms in total. The zero-order valence-electron chi connectivity index (χ0n) is 14.5. The lowest BCUT2D eigenvalue weighted by Gasteiger charge is -2.20. The minimum absolute atomic E-state index is 0. The highest BCUT2D eigenvalue weighted by atomic mass is 35.5. The molecule has 0 unspecified atom stereocenters. The number of hydrogen-bond donors (Lipinski definition) is 0. The van der Waals surface area contributed by atoms with Crippen molar-refractivity contribution >= 4 is 91.1 Å². The molecular formula is C17H17Cl4N3OS2. The van der Waals surface area contributed by atoms with E-state index in [2.05, 4.69) is 9.88 Å². The van der Waals surface area contributed by atoms with Crippen LogP contribution in [0, 0.1) is 0 Å². The summed E-state index contributed by atoms with van der Waals surface area (Å²) in [5, 5.41) is 1.27. The first-order valence-electron chi connectivity index (χ1n) is 7.82. The van der Waals surface area contributed by atoms with Gasteiger partial charge in [-0.05, 0) is 51.3 Å². The van der Waals surface area contributed by atoms with Gasteiger partial charge in [0.25, 0.3) is 5.91 Å². The Labute approximate surface area is 187 Å². The molecule has 0 fully saturated rings. The van der Waals surface area contributed by atoms with Crippen LogP contribution in [0.25, 0.3) is 10.2 Å². The maximum absolute atomic E-state index is 13.1. The topological polar surface area (TPSA) is 36.4 Å². The van der Waals surface area contributed by atoms with Crippen LogP contribution < -0.4 is 4.90 Å². The molecule has 0 spiro atoms. The Hall–Kier alpha value is -0.600. The molecule has 3 rings (SSSR count). The minimum atomic E-state index is -0.193. The molecule has 3 aromatic rings. The molecule has 1 amide bonds. The number of hydrogen-bond acceptors (Lipinski definition) is 5. The molecule has 0 bridgehead atoms. The molecule has 0 atom stereocenters. The third-order valence-corrected chi connectivity index (χ3v) is 6.45. The smallest absolute Gasteiger partial charge is 0.262 e. The molecule has 146 valence electrons. The van der Waals surface area contributed by atoms with Crippen LogP contribution in [0.5, 0.6) is 0 Å². The summed E-state index contributed by atoms with van der Waals surface area (Å²) in [6, 6.07) is 7.12. The fourth-order valence-corrected chi connectivity index (χ4v) is 5.18. The van der Waals surface area contributed by atoms with Crippen molar-refractivity contribution in [3.63, 3.8) is 0 Å². The number of carbonyl (C=O) groups excluding carboxylic acids is 1. The van der Waals surface area contributed by atoms with Crippen molar-refractivity contribution in [2.45, 2.75) is 6.42 Å². The molecule has 0 radical (unpaired) electrons. The highest BCUT2D eigenvalue weighted by Gasteiger charge is 2.24. The molecule has 2 aromatic heterocycles. The second kappa shape index (κ2) is 9.74. The van der Waals surface area contributed by atoms with Crippen molar-refractivity contribution in [2.24, 2.45) is 0 Å². The van der Waals surface area contributed by atoms with Crippen molar-refractivity contribution in [2.75, 3.05) is 32.1 Å². The standard InChI is InChI=1S/C17H16Cl3N3OS2.ClH/c1-22(2)6-3-7-23(16(24)11-9-14(19)26-15(11)20)17-21-12-5-4-10(18)8-13(12)25-17;/h4-5,8-9H,3,6-7H2,1-2H3;1H. The molecule has 0 saturated heterocycles. The average Bonchev–Trinajstić information content (AvgIpc) is 3.12. The van der Waals surface area contributed by atoms with E-state index in [4.69, 9.17) is 34.8 Å². The van der Waals surface area contributed by atoms with Crippen LogP contribution in [0.3, 0.4) is 0 Å². The number of fused-ring (bicyclic) bond motifs is 1. The monoisotopic (exact) mass is 483 g/mol. The number of anilines is 1. The van der Waals surface area contributed by atoms with Crippen LogP contribution in [0.15, 0.2) is 24.3 Å². The molecule has 0 aliphatic carbocycles. The quantitative estimate of drug-likeness (QED) is 0.409. The molecular weight excluding hydrogens is 468 g/mol. The molecule has 2 heterocycles. The molecule has 10 heteroatoms. The van der Waals surface area contributed by atoms with Gasteiger partial charge in [0.15, 0.2) is 5.13 Å². The van der Waals surface area contributed by atoms with E-state index in [0.29, 0.717) is 30.9 Å². The van der Waals surface area contributed by atoms with Crippen LogP contribution in [-0.2, 0) is 0 Å². The number of thiophene rings is 1.